The van der Waals surface area contributed by atoms with Gasteiger partial charge < -0.3 is 15.4 Å². The number of aryl methyl sites for hydroxylation is 1. The van der Waals surface area contributed by atoms with Crippen LogP contribution in [0.5, 0.6) is 0 Å². The lowest BCUT2D eigenvalue weighted by Gasteiger charge is -2.20. The minimum Gasteiger partial charge on any atom is -0.385 e. The van der Waals surface area contributed by atoms with Crippen LogP contribution in [0.15, 0.2) is 6.20 Å². The summed E-state index contributed by atoms with van der Waals surface area (Å²) in [5, 5.41) is 9.86. The van der Waals surface area contributed by atoms with E-state index in [0.717, 1.165) is 24.5 Å². The number of hydrogen-bond donors (Lipinski definition) is 2. The van der Waals surface area contributed by atoms with Crippen molar-refractivity contribution in [2.45, 2.75) is 44.9 Å². The molecule has 0 bridgehead atoms. The van der Waals surface area contributed by atoms with Crippen LogP contribution in [-0.4, -0.2) is 20.7 Å². The van der Waals surface area contributed by atoms with Crippen molar-refractivity contribution < 1.29 is 5.11 Å². The highest BCUT2D eigenvalue weighted by Gasteiger charge is 2.21. The fourth-order valence-electron chi connectivity index (χ4n) is 1.95. The summed E-state index contributed by atoms with van der Waals surface area (Å²) < 4.78 is 2.11. The van der Waals surface area contributed by atoms with E-state index in [2.05, 4.69) is 9.55 Å². The Balaban J connectivity index is 2.30. The van der Waals surface area contributed by atoms with Gasteiger partial charge in [-0.25, -0.2) is 4.98 Å². The van der Waals surface area contributed by atoms with E-state index in [0.29, 0.717) is 0 Å². The van der Waals surface area contributed by atoms with Crippen LogP contribution in [0.1, 0.15) is 37.4 Å². The molecule has 1 aliphatic heterocycles. The summed E-state index contributed by atoms with van der Waals surface area (Å²) in [5.41, 5.74) is 6.54. The van der Waals surface area contributed by atoms with Crippen molar-refractivity contribution in [2.75, 3.05) is 0 Å². The first-order chi connectivity index (χ1) is 6.70. The molecule has 2 heterocycles. The molecule has 0 amide bonds. The van der Waals surface area contributed by atoms with Gasteiger partial charge in [0.15, 0.2) is 0 Å². The number of rotatable bonds is 2. The summed E-state index contributed by atoms with van der Waals surface area (Å²) in [7, 11) is 0. The van der Waals surface area contributed by atoms with Gasteiger partial charge in [-0.05, 0) is 19.8 Å². The van der Waals surface area contributed by atoms with E-state index in [4.69, 9.17) is 5.73 Å². The van der Waals surface area contributed by atoms with Crippen LogP contribution >= 0.6 is 0 Å². The van der Waals surface area contributed by atoms with Gasteiger partial charge in [-0.2, -0.15) is 0 Å². The fraction of sp³-hybridized carbons (Fsp3) is 0.700. The Bertz CT molecular complexity index is 319. The molecule has 4 heteroatoms. The number of imidazole rings is 1. The fourth-order valence-corrected chi connectivity index (χ4v) is 1.95. The maximum atomic E-state index is 9.86. The molecule has 78 valence electrons. The normalized spacial score (nSPS) is 20.2. The molecule has 1 aromatic heterocycles. The number of fused-ring (bicyclic) bond motifs is 1. The Kier molecular flexibility index (Phi) is 2.56. The topological polar surface area (TPSA) is 64.1 Å². The first-order valence-corrected chi connectivity index (χ1v) is 5.18. The van der Waals surface area contributed by atoms with Gasteiger partial charge in [0.1, 0.15) is 11.9 Å². The molecular weight excluding hydrogens is 178 g/mol. The third-order valence-electron chi connectivity index (χ3n) is 2.80. The zero-order valence-corrected chi connectivity index (χ0v) is 8.48. The van der Waals surface area contributed by atoms with Gasteiger partial charge in [-0.3, -0.25) is 0 Å². The third kappa shape index (κ3) is 1.55. The molecule has 0 saturated carbocycles. The van der Waals surface area contributed by atoms with Gasteiger partial charge in [-0.1, -0.05) is 0 Å². The predicted octanol–water partition coefficient (Wildman–Crippen LogP) is 0.600. The predicted molar refractivity (Wildman–Crippen MR) is 53.8 cm³/mol. The van der Waals surface area contributed by atoms with E-state index < -0.39 is 6.10 Å². The smallest absolute Gasteiger partial charge is 0.110 e. The molecule has 2 atom stereocenters. The molecule has 2 rings (SSSR count). The molecule has 3 N–H and O–H groups in total. The van der Waals surface area contributed by atoms with Gasteiger partial charge in [0.05, 0.1) is 11.9 Å². The van der Waals surface area contributed by atoms with Crippen molar-refractivity contribution in [3.8, 4) is 0 Å². The van der Waals surface area contributed by atoms with Crippen molar-refractivity contribution >= 4 is 0 Å². The Morgan fingerprint density at radius 1 is 1.57 bits per heavy atom. The summed E-state index contributed by atoms with van der Waals surface area (Å²) in [6.45, 7) is 2.78. The van der Waals surface area contributed by atoms with Gasteiger partial charge in [-0.15, -0.1) is 0 Å². The van der Waals surface area contributed by atoms with Crippen LogP contribution in [0.4, 0.5) is 0 Å². The van der Waals surface area contributed by atoms with Gasteiger partial charge >= 0.3 is 0 Å². The highest BCUT2D eigenvalue weighted by Crippen LogP contribution is 2.22. The molecule has 4 nitrogen and oxygen atoms in total. The highest BCUT2D eigenvalue weighted by molar-refractivity contribution is 5.11. The molecule has 0 fully saturated rings. The summed E-state index contributed by atoms with van der Waals surface area (Å²) >= 11 is 0. The summed E-state index contributed by atoms with van der Waals surface area (Å²) in [6.07, 6.45) is 4.56. The number of aromatic nitrogens is 2. The average molecular weight is 195 g/mol. The largest absolute Gasteiger partial charge is 0.385 e. The number of aliphatic hydroxyl groups is 1. The van der Waals surface area contributed by atoms with Crippen molar-refractivity contribution in [3.05, 3.63) is 17.7 Å². The zero-order chi connectivity index (χ0) is 10.1. The molecule has 0 spiro atoms. The molecule has 1 aromatic rings. The maximum Gasteiger partial charge on any atom is 0.110 e. The van der Waals surface area contributed by atoms with E-state index >= 15 is 0 Å². The van der Waals surface area contributed by atoms with Crippen molar-refractivity contribution in [1.82, 2.24) is 9.55 Å². The van der Waals surface area contributed by atoms with Crippen LogP contribution in [0.3, 0.4) is 0 Å². The Labute approximate surface area is 83.8 Å². The lowest BCUT2D eigenvalue weighted by molar-refractivity contribution is 0.143. The molecule has 14 heavy (non-hydrogen) atoms. The Morgan fingerprint density at radius 3 is 3.07 bits per heavy atom. The second-order valence-corrected chi connectivity index (χ2v) is 4.01. The lowest BCUT2D eigenvalue weighted by Crippen LogP contribution is -2.27. The van der Waals surface area contributed by atoms with E-state index in [1.807, 2.05) is 6.92 Å². The SMILES string of the molecule is CC(N)C(O)c1cnc2n1CCCC2. The second-order valence-electron chi connectivity index (χ2n) is 4.01. The number of nitrogens with two attached hydrogens (primary N) is 1. The molecule has 2 unspecified atom stereocenters. The summed E-state index contributed by atoms with van der Waals surface area (Å²) in [4.78, 5) is 4.31. The summed E-state index contributed by atoms with van der Waals surface area (Å²) in [5.74, 6) is 1.09. The lowest BCUT2D eigenvalue weighted by atomic mass is 10.1. The highest BCUT2D eigenvalue weighted by atomic mass is 16.3. The standard InChI is InChI=1S/C10H17N3O/c1-7(11)10(14)8-6-12-9-4-2-3-5-13(8)9/h6-7,10,14H,2-5,11H2,1H3. The van der Waals surface area contributed by atoms with Crippen LogP contribution in [0.25, 0.3) is 0 Å². The van der Waals surface area contributed by atoms with Gasteiger partial charge in [0.25, 0.3) is 0 Å². The van der Waals surface area contributed by atoms with Crippen LogP contribution in [0, 0.1) is 0 Å². The molecule has 1 aliphatic rings. The quantitative estimate of drug-likeness (QED) is 0.726. The number of aliphatic hydroxyl groups excluding tert-OH is 1. The van der Waals surface area contributed by atoms with Crippen molar-refractivity contribution in [1.29, 1.82) is 0 Å². The third-order valence-corrected chi connectivity index (χ3v) is 2.80. The van der Waals surface area contributed by atoms with Crippen LogP contribution in [-0.2, 0) is 13.0 Å². The first kappa shape index (κ1) is 9.68. The zero-order valence-electron chi connectivity index (χ0n) is 8.48. The Morgan fingerprint density at radius 2 is 2.36 bits per heavy atom. The van der Waals surface area contributed by atoms with E-state index in [9.17, 15) is 5.11 Å². The van der Waals surface area contributed by atoms with Crippen LogP contribution < -0.4 is 5.73 Å². The molecule has 0 radical (unpaired) electrons. The minimum atomic E-state index is -0.589. The van der Waals surface area contributed by atoms with E-state index in [-0.39, 0.29) is 6.04 Å². The maximum absolute atomic E-state index is 9.86. The monoisotopic (exact) mass is 195 g/mol. The van der Waals surface area contributed by atoms with Crippen molar-refractivity contribution in [2.24, 2.45) is 5.73 Å². The molecular formula is C10H17N3O. The minimum absolute atomic E-state index is 0.238. The Hall–Kier alpha value is -0.870. The first-order valence-electron chi connectivity index (χ1n) is 5.18. The molecule has 0 aromatic carbocycles. The average Bonchev–Trinajstić information content (AvgIpc) is 2.60. The molecule has 0 aliphatic carbocycles. The summed E-state index contributed by atoms with van der Waals surface area (Å²) in [6, 6.07) is -0.238. The van der Waals surface area contributed by atoms with Gasteiger partial charge in [0, 0.05) is 19.0 Å². The van der Waals surface area contributed by atoms with Crippen molar-refractivity contribution in [3.63, 3.8) is 0 Å². The number of nitrogens with zero attached hydrogens (tertiary/aromatic N) is 2. The van der Waals surface area contributed by atoms with Crippen LogP contribution in [0.2, 0.25) is 0 Å². The van der Waals surface area contributed by atoms with E-state index in [1.54, 1.807) is 6.20 Å². The van der Waals surface area contributed by atoms with Gasteiger partial charge in [0.2, 0.25) is 0 Å². The number of hydrogen-bond acceptors (Lipinski definition) is 3. The van der Waals surface area contributed by atoms with E-state index in [1.165, 1.54) is 12.8 Å². The molecule has 0 saturated heterocycles. The second kappa shape index (κ2) is 3.71.